The molecular formula is C16H21FN4. The Labute approximate surface area is 124 Å². The molecule has 2 aromatic rings. The van der Waals surface area contributed by atoms with Gasteiger partial charge in [0.1, 0.15) is 5.82 Å². The summed E-state index contributed by atoms with van der Waals surface area (Å²) in [5, 5.41) is 7.58. The minimum atomic E-state index is -0.182. The summed E-state index contributed by atoms with van der Waals surface area (Å²) in [6.07, 6.45) is 6.29. The molecule has 0 aliphatic heterocycles. The highest BCUT2D eigenvalue weighted by Gasteiger charge is 2.20. The third kappa shape index (κ3) is 3.82. The van der Waals surface area contributed by atoms with Crippen molar-refractivity contribution in [2.75, 3.05) is 11.9 Å². The highest BCUT2D eigenvalue weighted by Crippen LogP contribution is 2.22. The van der Waals surface area contributed by atoms with E-state index in [-0.39, 0.29) is 5.82 Å². The quantitative estimate of drug-likeness (QED) is 0.886. The predicted molar refractivity (Wildman–Crippen MR) is 81.6 cm³/mol. The summed E-state index contributed by atoms with van der Waals surface area (Å²) >= 11 is 0. The average Bonchev–Trinajstić information content (AvgIpc) is 3.19. The highest BCUT2D eigenvalue weighted by molar-refractivity contribution is 5.48. The van der Waals surface area contributed by atoms with E-state index < -0.39 is 0 Å². The van der Waals surface area contributed by atoms with Gasteiger partial charge in [-0.2, -0.15) is 5.10 Å². The van der Waals surface area contributed by atoms with Gasteiger partial charge in [-0.1, -0.05) is 0 Å². The maximum absolute atomic E-state index is 13.8. The van der Waals surface area contributed by atoms with Crippen LogP contribution in [0.5, 0.6) is 0 Å². The van der Waals surface area contributed by atoms with Crippen LogP contribution >= 0.6 is 0 Å². The van der Waals surface area contributed by atoms with E-state index in [2.05, 4.69) is 16.5 Å². The van der Waals surface area contributed by atoms with Gasteiger partial charge in [0.15, 0.2) is 0 Å². The monoisotopic (exact) mass is 288 g/mol. The predicted octanol–water partition coefficient (Wildman–Crippen LogP) is 2.45. The fourth-order valence-electron chi connectivity index (χ4n) is 2.42. The van der Waals surface area contributed by atoms with E-state index >= 15 is 0 Å². The van der Waals surface area contributed by atoms with Crippen LogP contribution in [0.1, 0.15) is 24.0 Å². The molecule has 1 aromatic heterocycles. The van der Waals surface area contributed by atoms with E-state index in [0.717, 1.165) is 23.4 Å². The molecule has 1 saturated carbocycles. The molecule has 0 unspecified atom stereocenters. The van der Waals surface area contributed by atoms with Gasteiger partial charge in [0, 0.05) is 50.7 Å². The van der Waals surface area contributed by atoms with Crippen LogP contribution in [-0.2, 0) is 20.1 Å². The molecule has 0 amide bonds. The van der Waals surface area contributed by atoms with Gasteiger partial charge in [-0.15, -0.1) is 0 Å². The van der Waals surface area contributed by atoms with Gasteiger partial charge in [-0.3, -0.25) is 4.68 Å². The van der Waals surface area contributed by atoms with E-state index in [1.807, 2.05) is 31.4 Å². The van der Waals surface area contributed by atoms with Crippen molar-refractivity contribution in [1.82, 2.24) is 15.1 Å². The largest absolute Gasteiger partial charge is 0.370 e. The Morgan fingerprint density at radius 2 is 2.14 bits per heavy atom. The third-order valence-electron chi connectivity index (χ3n) is 3.73. The van der Waals surface area contributed by atoms with Gasteiger partial charge >= 0.3 is 0 Å². The molecule has 3 rings (SSSR count). The van der Waals surface area contributed by atoms with Crippen LogP contribution in [-0.4, -0.2) is 22.9 Å². The van der Waals surface area contributed by atoms with Crippen molar-refractivity contribution in [3.63, 3.8) is 0 Å². The number of halogens is 1. The molecule has 4 nitrogen and oxygen atoms in total. The van der Waals surface area contributed by atoms with Gasteiger partial charge in [-0.05, 0) is 36.6 Å². The van der Waals surface area contributed by atoms with Crippen LogP contribution in [0.2, 0.25) is 0 Å². The first-order valence-electron chi connectivity index (χ1n) is 7.31. The van der Waals surface area contributed by atoms with Gasteiger partial charge in [-0.25, -0.2) is 4.39 Å². The van der Waals surface area contributed by atoms with E-state index in [4.69, 9.17) is 0 Å². The first kappa shape index (κ1) is 14.1. The lowest BCUT2D eigenvalue weighted by Crippen LogP contribution is -2.18. The number of aryl methyl sites for hydroxylation is 1. The lowest BCUT2D eigenvalue weighted by atomic mass is 10.1. The summed E-state index contributed by atoms with van der Waals surface area (Å²) in [4.78, 5) is 2.04. The number of benzene rings is 1. The molecule has 0 bridgehead atoms. The lowest BCUT2D eigenvalue weighted by molar-refractivity contribution is 0.619. The Balaban J connectivity index is 1.70. The van der Waals surface area contributed by atoms with Gasteiger partial charge in [0.05, 0.1) is 6.20 Å². The Morgan fingerprint density at radius 3 is 2.81 bits per heavy atom. The Bertz CT molecular complexity index is 618. The Hall–Kier alpha value is -1.88. The second kappa shape index (κ2) is 5.85. The topological polar surface area (TPSA) is 33.1 Å². The van der Waals surface area contributed by atoms with Crippen LogP contribution in [0.15, 0.2) is 30.6 Å². The van der Waals surface area contributed by atoms with E-state index in [1.165, 1.54) is 12.8 Å². The molecule has 1 fully saturated rings. The molecule has 1 N–H and O–H groups in total. The lowest BCUT2D eigenvalue weighted by Gasteiger charge is -2.19. The van der Waals surface area contributed by atoms with Crippen molar-refractivity contribution < 1.29 is 4.39 Å². The minimum absolute atomic E-state index is 0.182. The van der Waals surface area contributed by atoms with Gasteiger partial charge in [0.2, 0.25) is 0 Å². The first-order chi connectivity index (χ1) is 10.1. The maximum atomic E-state index is 13.8. The Kier molecular flexibility index (Phi) is 3.92. The number of anilines is 1. The fraction of sp³-hybridized carbons (Fsp3) is 0.438. The second-order valence-corrected chi connectivity index (χ2v) is 5.85. The van der Waals surface area contributed by atoms with Crippen molar-refractivity contribution in [2.24, 2.45) is 7.05 Å². The summed E-state index contributed by atoms with van der Waals surface area (Å²) in [5.41, 5.74) is 3.00. The molecule has 1 heterocycles. The molecular weight excluding hydrogens is 267 g/mol. The normalized spacial score (nSPS) is 14.4. The zero-order valence-corrected chi connectivity index (χ0v) is 12.5. The van der Waals surface area contributed by atoms with Crippen LogP contribution in [0.4, 0.5) is 10.1 Å². The number of nitrogens with zero attached hydrogens (tertiary/aromatic N) is 3. The van der Waals surface area contributed by atoms with Crippen molar-refractivity contribution in [2.45, 2.75) is 32.0 Å². The molecule has 0 saturated heterocycles. The number of rotatable bonds is 6. The van der Waals surface area contributed by atoms with Crippen molar-refractivity contribution >= 4 is 5.69 Å². The van der Waals surface area contributed by atoms with Crippen molar-refractivity contribution in [3.05, 3.63) is 47.5 Å². The second-order valence-electron chi connectivity index (χ2n) is 5.85. The van der Waals surface area contributed by atoms with Crippen LogP contribution in [0.25, 0.3) is 0 Å². The van der Waals surface area contributed by atoms with E-state index in [9.17, 15) is 4.39 Å². The van der Waals surface area contributed by atoms with Crippen molar-refractivity contribution in [3.8, 4) is 0 Å². The molecule has 0 spiro atoms. The molecule has 0 atom stereocenters. The molecule has 5 heteroatoms. The number of aromatic nitrogens is 2. The molecule has 1 aromatic carbocycles. The molecule has 112 valence electrons. The molecule has 21 heavy (non-hydrogen) atoms. The van der Waals surface area contributed by atoms with E-state index in [1.54, 1.807) is 16.8 Å². The summed E-state index contributed by atoms with van der Waals surface area (Å²) in [5.74, 6) is -0.182. The highest BCUT2D eigenvalue weighted by atomic mass is 19.1. The summed E-state index contributed by atoms with van der Waals surface area (Å²) in [7, 11) is 3.87. The standard InChI is InChI=1S/C16H21FN4/c1-20(10-13-9-19-21(2)11-13)16-6-12(5-14(17)7-16)8-18-15-3-4-15/h5-7,9,11,15,18H,3-4,8,10H2,1-2H3. The Morgan fingerprint density at radius 1 is 1.33 bits per heavy atom. The van der Waals surface area contributed by atoms with Crippen LogP contribution in [0.3, 0.4) is 0 Å². The average molecular weight is 288 g/mol. The smallest absolute Gasteiger partial charge is 0.125 e. The number of hydrogen-bond donors (Lipinski definition) is 1. The van der Waals surface area contributed by atoms with Crippen LogP contribution < -0.4 is 10.2 Å². The molecule has 0 radical (unpaired) electrons. The van der Waals surface area contributed by atoms with Gasteiger partial charge in [0.25, 0.3) is 0 Å². The maximum Gasteiger partial charge on any atom is 0.125 e. The van der Waals surface area contributed by atoms with Gasteiger partial charge < -0.3 is 10.2 Å². The fourth-order valence-corrected chi connectivity index (χ4v) is 2.42. The number of hydrogen-bond acceptors (Lipinski definition) is 3. The third-order valence-corrected chi connectivity index (χ3v) is 3.73. The molecule has 1 aliphatic rings. The first-order valence-corrected chi connectivity index (χ1v) is 7.31. The number of nitrogens with one attached hydrogen (secondary N) is 1. The zero-order chi connectivity index (χ0) is 14.8. The molecule has 1 aliphatic carbocycles. The van der Waals surface area contributed by atoms with Crippen LogP contribution in [0, 0.1) is 5.82 Å². The SMILES string of the molecule is CN(Cc1cnn(C)c1)c1cc(F)cc(CNC2CC2)c1. The summed E-state index contributed by atoms with van der Waals surface area (Å²) in [6, 6.07) is 5.87. The van der Waals surface area contributed by atoms with E-state index in [0.29, 0.717) is 12.6 Å². The minimum Gasteiger partial charge on any atom is -0.370 e. The summed E-state index contributed by atoms with van der Waals surface area (Å²) < 4.78 is 15.6. The summed E-state index contributed by atoms with van der Waals surface area (Å²) in [6.45, 7) is 1.45. The zero-order valence-electron chi connectivity index (χ0n) is 12.5. The van der Waals surface area contributed by atoms with Crippen molar-refractivity contribution in [1.29, 1.82) is 0 Å².